The normalized spacial score (nSPS) is 20.7. The lowest BCUT2D eigenvalue weighted by atomic mass is 9.87. The molecule has 4 aromatic rings. The molecule has 6 heteroatoms. The Hall–Kier alpha value is -2.89. The summed E-state index contributed by atoms with van der Waals surface area (Å²) in [6.07, 6.45) is 12.7. The van der Waals surface area contributed by atoms with Crippen molar-refractivity contribution in [2.45, 2.75) is 38.6 Å². The van der Waals surface area contributed by atoms with Gasteiger partial charge in [0.2, 0.25) is 5.95 Å². The molecule has 0 bridgehead atoms. The molecule has 132 valence electrons. The van der Waals surface area contributed by atoms with Gasteiger partial charge in [0.1, 0.15) is 5.65 Å². The van der Waals surface area contributed by atoms with Crippen LogP contribution < -0.4 is 5.32 Å². The molecule has 0 aromatic carbocycles. The first-order valence-corrected chi connectivity index (χ1v) is 9.31. The number of hydrogen-bond acceptors (Lipinski definition) is 4. The van der Waals surface area contributed by atoms with Gasteiger partial charge < -0.3 is 10.3 Å². The molecule has 0 unspecified atom stereocenters. The third kappa shape index (κ3) is 2.71. The zero-order chi connectivity index (χ0) is 17.5. The van der Waals surface area contributed by atoms with E-state index in [4.69, 9.17) is 4.98 Å². The van der Waals surface area contributed by atoms with Crippen LogP contribution in [-0.4, -0.2) is 30.6 Å². The molecule has 0 spiro atoms. The summed E-state index contributed by atoms with van der Waals surface area (Å²) in [5.41, 5.74) is 4.19. The lowest BCUT2D eigenvalue weighted by Crippen LogP contribution is -2.26. The minimum absolute atomic E-state index is 0.488. The summed E-state index contributed by atoms with van der Waals surface area (Å²) in [6, 6.07) is 6.69. The number of aromatic amines is 1. The van der Waals surface area contributed by atoms with Gasteiger partial charge in [-0.05, 0) is 55.4 Å². The number of aromatic nitrogens is 5. The number of nitrogens with one attached hydrogen (secondary N) is 2. The molecule has 4 heterocycles. The van der Waals surface area contributed by atoms with Crippen molar-refractivity contribution < 1.29 is 0 Å². The highest BCUT2D eigenvalue weighted by Crippen LogP contribution is 2.29. The second kappa shape index (κ2) is 6.12. The summed E-state index contributed by atoms with van der Waals surface area (Å²) in [5, 5.41) is 8.80. The highest BCUT2D eigenvalue weighted by molar-refractivity contribution is 5.94. The second-order valence-corrected chi connectivity index (χ2v) is 7.38. The second-order valence-electron chi connectivity index (χ2n) is 7.38. The minimum Gasteiger partial charge on any atom is -0.351 e. The smallest absolute Gasteiger partial charge is 0.224 e. The van der Waals surface area contributed by atoms with Crippen molar-refractivity contribution in [1.82, 2.24) is 24.6 Å². The topological polar surface area (TPSA) is 70.9 Å². The number of pyridine rings is 1. The number of rotatable bonds is 3. The number of hydrogen-bond donors (Lipinski definition) is 2. The maximum absolute atomic E-state index is 4.69. The molecule has 5 rings (SSSR count). The molecule has 26 heavy (non-hydrogen) atoms. The summed E-state index contributed by atoms with van der Waals surface area (Å²) >= 11 is 0. The SMILES string of the molecule is CC1CCC(Nc2ncc3c(-c4ccn5nccc5c4)c[nH]c3n2)CC1. The third-order valence-electron chi connectivity index (χ3n) is 5.49. The lowest BCUT2D eigenvalue weighted by Gasteiger charge is -2.26. The third-order valence-corrected chi connectivity index (χ3v) is 5.49. The Kier molecular flexibility index (Phi) is 3.62. The molecule has 2 N–H and O–H groups in total. The van der Waals surface area contributed by atoms with Gasteiger partial charge in [0.25, 0.3) is 0 Å². The largest absolute Gasteiger partial charge is 0.351 e. The zero-order valence-electron chi connectivity index (χ0n) is 14.8. The maximum atomic E-state index is 4.69. The van der Waals surface area contributed by atoms with Crippen molar-refractivity contribution in [3.05, 3.63) is 43.0 Å². The van der Waals surface area contributed by atoms with Crippen LogP contribution in [0, 0.1) is 5.92 Å². The summed E-state index contributed by atoms with van der Waals surface area (Å²) in [7, 11) is 0. The molecule has 4 aromatic heterocycles. The summed E-state index contributed by atoms with van der Waals surface area (Å²) < 4.78 is 1.86. The van der Waals surface area contributed by atoms with Gasteiger partial charge >= 0.3 is 0 Å². The fourth-order valence-corrected chi connectivity index (χ4v) is 3.89. The number of H-pyrrole nitrogens is 1. The Morgan fingerprint density at radius 2 is 2.08 bits per heavy atom. The van der Waals surface area contributed by atoms with Crippen LogP contribution in [0.2, 0.25) is 0 Å². The first-order chi connectivity index (χ1) is 12.8. The lowest BCUT2D eigenvalue weighted by molar-refractivity contribution is 0.360. The van der Waals surface area contributed by atoms with Crippen molar-refractivity contribution in [1.29, 1.82) is 0 Å². The average Bonchev–Trinajstić information content (AvgIpc) is 3.29. The van der Waals surface area contributed by atoms with Gasteiger partial charge in [-0.3, -0.25) is 0 Å². The Labute approximate surface area is 151 Å². The van der Waals surface area contributed by atoms with E-state index in [9.17, 15) is 0 Å². The molecular formula is C20H22N6. The van der Waals surface area contributed by atoms with Crippen LogP contribution in [0.3, 0.4) is 0 Å². The highest BCUT2D eigenvalue weighted by atomic mass is 15.2. The molecule has 0 aliphatic heterocycles. The van der Waals surface area contributed by atoms with Crippen molar-refractivity contribution in [2.75, 3.05) is 5.32 Å². The zero-order valence-corrected chi connectivity index (χ0v) is 14.8. The van der Waals surface area contributed by atoms with E-state index in [1.807, 2.05) is 29.2 Å². The fourth-order valence-electron chi connectivity index (χ4n) is 3.89. The molecule has 6 nitrogen and oxygen atoms in total. The molecule has 0 radical (unpaired) electrons. The standard InChI is InChI=1S/C20H22N6/c1-13-2-4-15(5-3-13)24-20-22-12-18-17(11-21-19(18)25-20)14-7-9-26-16(10-14)6-8-23-26/h6-13,15H,2-5H2,1H3,(H2,21,22,24,25). The van der Waals surface area contributed by atoms with E-state index in [-0.39, 0.29) is 0 Å². The minimum atomic E-state index is 0.488. The van der Waals surface area contributed by atoms with E-state index < -0.39 is 0 Å². The number of anilines is 1. The number of nitrogens with zero attached hydrogens (tertiary/aromatic N) is 4. The van der Waals surface area contributed by atoms with Crippen LogP contribution >= 0.6 is 0 Å². The molecular weight excluding hydrogens is 324 g/mol. The number of fused-ring (bicyclic) bond motifs is 2. The van der Waals surface area contributed by atoms with Crippen molar-refractivity contribution in [3.63, 3.8) is 0 Å². The van der Waals surface area contributed by atoms with Crippen molar-refractivity contribution in [3.8, 4) is 11.1 Å². The molecule has 1 fully saturated rings. The predicted molar refractivity (Wildman–Crippen MR) is 103 cm³/mol. The molecule has 1 saturated carbocycles. The molecule has 1 aliphatic rings. The van der Waals surface area contributed by atoms with E-state index in [0.29, 0.717) is 6.04 Å². The van der Waals surface area contributed by atoms with Crippen LogP contribution in [0.4, 0.5) is 5.95 Å². The van der Waals surface area contributed by atoms with Crippen LogP contribution in [0.1, 0.15) is 32.6 Å². The summed E-state index contributed by atoms with van der Waals surface area (Å²) in [6.45, 7) is 2.33. The average molecular weight is 346 g/mol. The summed E-state index contributed by atoms with van der Waals surface area (Å²) in [5.74, 6) is 1.56. The summed E-state index contributed by atoms with van der Waals surface area (Å²) in [4.78, 5) is 12.6. The van der Waals surface area contributed by atoms with E-state index in [1.165, 1.54) is 25.7 Å². The van der Waals surface area contributed by atoms with Gasteiger partial charge in [-0.2, -0.15) is 10.1 Å². The van der Waals surface area contributed by atoms with Crippen LogP contribution in [0.15, 0.2) is 43.0 Å². The first-order valence-electron chi connectivity index (χ1n) is 9.31. The molecule has 0 atom stereocenters. The van der Waals surface area contributed by atoms with Gasteiger partial charge in [0.05, 0.1) is 5.52 Å². The molecule has 1 aliphatic carbocycles. The Balaban J connectivity index is 1.44. The van der Waals surface area contributed by atoms with E-state index in [2.05, 4.69) is 39.4 Å². The van der Waals surface area contributed by atoms with Crippen molar-refractivity contribution in [2.24, 2.45) is 5.92 Å². The van der Waals surface area contributed by atoms with Crippen molar-refractivity contribution >= 4 is 22.5 Å². The maximum Gasteiger partial charge on any atom is 0.224 e. The predicted octanol–water partition coefficient (Wildman–Crippen LogP) is 4.26. The Morgan fingerprint density at radius 1 is 1.19 bits per heavy atom. The van der Waals surface area contributed by atoms with E-state index >= 15 is 0 Å². The van der Waals surface area contributed by atoms with Crippen LogP contribution in [0.25, 0.3) is 27.7 Å². The van der Waals surface area contributed by atoms with Gasteiger partial charge in [-0.25, -0.2) is 9.50 Å². The van der Waals surface area contributed by atoms with Gasteiger partial charge in [-0.1, -0.05) is 6.92 Å². The van der Waals surface area contributed by atoms with Crippen LogP contribution in [0.5, 0.6) is 0 Å². The molecule has 0 saturated heterocycles. The van der Waals surface area contributed by atoms with E-state index in [0.717, 1.165) is 39.5 Å². The van der Waals surface area contributed by atoms with Gasteiger partial charge in [0, 0.05) is 41.8 Å². The Bertz CT molecular complexity index is 1050. The molecule has 0 amide bonds. The highest BCUT2D eigenvalue weighted by Gasteiger charge is 2.19. The van der Waals surface area contributed by atoms with Gasteiger partial charge in [0.15, 0.2) is 0 Å². The first kappa shape index (κ1) is 15.4. The monoisotopic (exact) mass is 346 g/mol. The Morgan fingerprint density at radius 3 is 2.96 bits per heavy atom. The quantitative estimate of drug-likeness (QED) is 0.581. The van der Waals surface area contributed by atoms with E-state index in [1.54, 1.807) is 6.20 Å². The van der Waals surface area contributed by atoms with Crippen LogP contribution in [-0.2, 0) is 0 Å². The van der Waals surface area contributed by atoms with Gasteiger partial charge in [-0.15, -0.1) is 0 Å². The fraction of sp³-hybridized carbons (Fsp3) is 0.350.